The first-order chi connectivity index (χ1) is 9.29. The second-order valence-electron chi connectivity index (χ2n) is 4.05. The number of carbonyl (C=O) groups is 1. The molecular formula is C13H16N4OS. The lowest BCUT2D eigenvalue weighted by atomic mass is 10.3. The van der Waals surface area contributed by atoms with Crippen LogP contribution in [0.5, 0.6) is 0 Å². The summed E-state index contributed by atoms with van der Waals surface area (Å²) in [5.41, 5.74) is 0. The van der Waals surface area contributed by atoms with E-state index in [1.165, 1.54) is 11.2 Å². The standard InChI is InChI=1S/C13H16N4OS/c1-2-6-16(9-12-4-3-8-19-12)13(18)5-7-17-11-14-10-15-17/h2-4,8,10-11H,1,5-7,9H2. The molecule has 2 heterocycles. The van der Waals surface area contributed by atoms with E-state index in [1.807, 2.05) is 17.5 Å². The molecule has 0 saturated heterocycles. The average Bonchev–Trinajstić information content (AvgIpc) is 3.08. The first-order valence-electron chi connectivity index (χ1n) is 6.03. The molecule has 100 valence electrons. The molecule has 0 saturated carbocycles. The van der Waals surface area contributed by atoms with Crippen LogP contribution in [0.15, 0.2) is 42.8 Å². The molecule has 0 aliphatic heterocycles. The number of hydrogen-bond acceptors (Lipinski definition) is 4. The van der Waals surface area contributed by atoms with E-state index in [-0.39, 0.29) is 5.91 Å². The van der Waals surface area contributed by atoms with E-state index in [9.17, 15) is 4.79 Å². The molecule has 2 rings (SSSR count). The minimum Gasteiger partial charge on any atom is -0.334 e. The van der Waals surface area contributed by atoms with Crippen molar-refractivity contribution in [3.05, 3.63) is 47.7 Å². The fourth-order valence-electron chi connectivity index (χ4n) is 1.72. The lowest BCUT2D eigenvalue weighted by molar-refractivity contribution is -0.131. The van der Waals surface area contributed by atoms with Gasteiger partial charge in [0.15, 0.2) is 0 Å². The number of hydrogen-bond donors (Lipinski definition) is 0. The van der Waals surface area contributed by atoms with Gasteiger partial charge in [-0.3, -0.25) is 9.48 Å². The Morgan fingerprint density at radius 2 is 2.47 bits per heavy atom. The van der Waals surface area contributed by atoms with Gasteiger partial charge in [0.1, 0.15) is 12.7 Å². The third kappa shape index (κ3) is 4.03. The van der Waals surface area contributed by atoms with Gasteiger partial charge in [0.05, 0.1) is 13.1 Å². The maximum atomic E-state index is 12.2. The maximum Gasteiger partial charge on any atom is 0.225 e. The second kappa shape index (κ2) is 6.84. The van der Waals surface area contributed by atoms with Gasteiger partial charge in [-0.1, -0.05) is 12.1 Å². The molecule has 0 spiro atoms. The van der Waals surface area contributed by atoms with Crippen LogP contribution in [0.4, 0.5) is 0 Å². The highest BCUT2D eigenvalue weighted by Crippen LogP contribution is 2.12. The second-order valence-corrected chi connectivity index (χ2v) is 5.08. The number of nitrogens with zero attached hydrogens (tertiary/aromatic N) is 4. The molecule has 1 amide bonds. The topological polar surface area (TPSA) is 51.0 Å². The number of rotatable bonds is 7. The summed E-state index contributed by atoms with van der Waals surface area (Å²) in [6, 6.07) is 4.03. The quantitative estimate of drug-likeness (QED) is 0.726. The molecule has 0 fully saturated rings. The van der Waals surface area contributed by atoms with E-state index in [0.717, 1.165) is 0 Å². The van der Waals surface area contributed by atoms with Gasteiger partial charge in [-0.05, 0) is 11.4 Å². The minimum atomic E-state index is 0.101. The highest BCUT2D eigenvalue weighted by Gasteiger charge is 2.13. The largest absolute Gasteiger partial charge is 0.334 e. The van der Waals surface area contributed by atoms with E-state index < -0.39 is 0 Å². The van der Waals surface area contributed by atoms with Crippen LogP contribution < -0.4 is 0 Å². The summed E-state index contributed by atoms with van der Waals surface area (Å²) in [6.07, 6.45) is 5.26. The Morgan fingerprint density at radius 1 is 1.58 bits per heavy atom. The number of amides is 1. The van der Waals surface area contributed by atoms with Crippen LogP contribution in [0.3, 0.4) is 0 Å². The summed E-state index contributed by atoms with van der Waals surface area (Å²) in [7, 11) is 0. The van der Waals surface area contributed by atoms with Gasteiger partial charge < -0.3 is 4.90 Å². The molecule has 0 radical (unpaired) electrons. The molecule has 6 heteroatoms. The van der Waals surface area contributed by atoms with Gasteiger partial charge in [0.25, 0.3) is 0 Å². The fraction of sp³-hybridized carbons (Fsp3) is 0.308. The zero-order valence-electron chi connectivity index (χ0n) is 10.6. The van der Waals surface area contributed by atoms with E-state index in [0.29, 0.717) is 26.1 Å². The van der Waals surface area contributed by atoms with Crippen molar-refractivity contribution in [2.45, 2.75) is 19.5 Å². The molecule has 0 aliphatic carbocycles. The van der Waals surface area contributed by atoms with Crippen molar-refractivity contribution >= 4 is 17.2 Å². The molecule has 0 unspecified atom stereocenters. The normalized spacial score (nSPS) is 10.3. The van der Waals surface area contributed by atoms with Crippen molar-refractivity contribution in [2.75, 3.05) is 6.54 Å². The fourth-order valence-corrected chi connectivity index (χ4v) is 2.44. The van der Waals surface area contributed by atoms with Gasteiger partial charge in [-0.25, -0.2) is 4.98 Å². The van der Waals surface area contributed by atoms with E-state index in [1.54, 1.807) is 33.3 Å². The molecule has 19 heavy (non-hydrogen) atoms. The lowest BCUT2D eigenvalue weighted by Crippen LogP contribution is -2.31. The average molecular weight is 276 g/mol. The Kier molecular flexibility index (Phi) is 4.85. The predicted molar refractivity (Wildman–Crippen MR) is 74.6 cm³/mol. The molecule has 2 aromatic rings. The zero-order valence-corrected chi connectivity index (χ0v) is 11.4. The van der Waals surface area contributed by atoms with Crippen LogP contribution in [0, 0.1) is 0 Å². The Hall–Kier alpha value is -1.95. The maximum absolute atomic E-state index is 12.2. The number of thiophene rings is 1. The smallest absolute Gasteiger partial charge is 0.225 e. The van der Waals surface area contributed by atoms with Gasteiger partial charge in [-0.2, -0.15) is 5.10 Å². The van der Waals surface area contributed by atoms with Gasteiger partial charge >= 0.3 is 0 Å². The highest BCUT2D eigenvalue weighted by molar-refractivity contribution is 7.09. The van der Waals surface area contributed by atoms with Crippen LogP contribution >= 0.6 is 11.3 Å². The number of carbonyl (C=O) groups excluding carboxylic acids is 1. The van der Waals surface area contributed by atoms with E-state index in [4.69, 9.17) is 0 Å². The Morgan fingerprint density at radius 3 is 3.11 bits per heavy atom. The molecule has 5 nitrogen and oxygen atoms in total. The van der Waals surface area contributed by atoms with E-state index >= 15 is 0 Å². The number of aromatic nitrogens is 3. The molecule has 0 N–H and O–H groups in total. The number of aryl methyl sites for hydroxylation is 1. The molecule has 0 bridgehead atoms. The highest BCUT2D eigenvalue weighted by atomic mass is 32.1. The van der Waals surface area contributed by atoms with Gasteiger partial charge in [0, 0.05) is 17.8 Å². The van der Waals surface area contributed by atoms with Crippen molar-refractivity contribution in [3.8, 4) is 0 Å². The van der Waals surface area contributed by atoms with Crippen molar-refractivity contribution in [1.82, 2.24) is 19.7 Å². The SMILES string of the molecule is C=CCN(Cc1cccs1)C(=O)CCn1cncn1. The van der Waals surface area contributed by atoms with Crippen molar-refractivity contribution in [1.29, 1.82) is 0 Å². The molecular weight excluding hydrogens is 260 g/mol. The lowest BCUT2D eigenvalue weighted by Gasteiger charge is -2.20. The molecule has 0 atom stereocenters. The van der Waals surface area contributed by atoms with Crippen molar-refractivity contribution in [2.24, 2.45) is 0 Å². The molecule has 0 aromatic carbocycles. The van der Waals surface area contributed by atoms with Gasteiger partial charge in [0.2, 0.25) is 5.91 Å². The molecule has 0 aliphatic rings. The zero-order chi connectivity index (χ0) is 13.5. The summed E-state index contributed by atoms with van der Waals surface area (Å²) in [6.45, 7) is 5.46. The Labute approximate surface area is 116 Å². The third-order valence-corrected chi connectivity index (χ3v) is 3.51. The summed E-state index contributed by atoms with van der Waals surface area (Å²) in [4.78, 5) is 19.0. The summed E-state index contributed by atoms with van der Waals surface area (Å²) in [5.74, 6) is 0.101. The molecule has 2 aromatic heterocycles. The van der Waals surface area contributed by atoms with Gasteiger partial charge in [-0.15, -0.1) is 17.9 Å². The van der Waals surface area contributed by atoms with Crippen LogP contribution in [-0.4, -0.2) is 32.1 Å². The Bertz CT molecular complexity index is 507. The first-order valence-corrected chi connectivity index (χ1v) is 6.91. The first kappa shape index (κ1) is 13.5. The summed E-state index contributed by atoms with van der Waals surface area (Å²) < 4.78 is 1.66. The Balaban J connectivity index is 1.90. The van der Waals surface area contributed by atoms with Crippen LogP contribution in [0.25, 0.3) is 0 Å². The third-order valence-electron chi connectivity index (χ3n) is 2.65. The van der Waals surface area contributed by atoms with Crippen molar-refractivity contribution < 1.29 is 4.79 Å². The van der Waals surface area contributed by atoms with E-state index in [2.05, 4.69) is 16.7 Å². The van der Waals surface area contributed by atoms with Crippen LogP contribution in [0.2, 0.25) is 0 Å². The predicted octanol–water partition coefficient (Wildman–Crippen LogP) is 1.94. The monoisotopic (exact) mass is 276 g/mol. The summed E-state index contributed by atoms with van der Waals surface area (Å²) in [5, 5.41) is 6.00. The van der Waals surface area contributed by atoms with Crippen LogP contribution in [-0.2, 0) is 17.9 Å². The minimum absolute atomic E-state index is 0.101. The van der Waals surface area contributed by atoms with Crippen LogP contribution in [0.1, 0.15) is 11.3 Å². The summed E-state index contributed by atoms with van der Waals surface area (Å²) >= 11 is 1.65. The van der Waals surface area contributed by atoms with Crippen molar-refractivity contribution in [3.63, 3.8) is 0 Å².